The summed E-state index contributed by atoms with van der Waals surface area (Å²) in [6.45, 7) is -0.298. The van der Waals surface area contributed by atoms with E-state index in [1.165, 1.54) is 24.3 Å². The van der Waals surface area contributed by atoms with Gasteiger partial charge in [0.1, 0.15) is 13.2 Å². The van der Waals surface area contributed by atoms with Crippen LogP contribution in [0, 0.1) is 20.2 Å². The standard InChI is InChI=1S/C48H28N2O8/c51-47(57-25-33-13-11-31-9-7-27-3-1-5-29-15-19-37(33)45(31)43(27)29)41-23-35(49(53)54)17-21-39(41)40-22-18-36(50(55)56)24-42(40)48(52)58-26-34-14-12-32-10-8-28-4-2-6-30-16-20-38(34)46(32)44(28)30/h1-24H,25-26H2. The molecular formula is C48H28N2O8. The van der Waals surface area contributed by atoms with E-state index in [1.54, 1.807) is 0 Å². The number of ether oxygens (including phenoxy) is 2. The molecule has 0 saturated carbocycles. The number of nitrogens with zero attached hydrogens (tertiary/aromatic N) is 2. The fraction of sp³-hybridized carbons (Fsp3) is 0.0417. The Hall–Kier alpha value is -7.98. The van der Waals surface area contributed by atoms with E-state index >= 15 is 0 Å². The van der Waals surface area contributed by atoms with E-state index in [0.717, 1.165) is 87.9 Å². The van der Waals surface area contributed by atoms with E-state index in [9.17, 15) is 29.8 Å². The van der Waals surface area contributed by atoms with Crippen LogP contribution in [0.2, 0.25) is 0 Å². The maximum atomic E-state index is 14.0. The number of non-ortho nitro benzene ring substituents is 2. The average Bonchev–Trinajstić information content (AvgIpc) is 3.25. The third-order valence-electron chi connectivity index (χ3n) is 11.1. The number of carbonyl (C=O) groups excluding carboxylic acids is 2. The first kappa shape index (κ1) is 34.5. The average molecular weight is 761 g/mol. The molecule has 0 amide bonds. The molecule has 0 aromatic heterocycles. The van der Waals surface area contributed by atoms with Gasteiger partial charge in [-0.1, -0.05) is 109 Å². The number of rotatable bonds is 9. The highest BCUT2D eigenvalue weighted by atomic mass is 16.6. The molecule has 0 fully saturated rings. The highest BCUT2D eigenvalue weighted by Crippen LogP contribution is 2.39. The molecular weight excluding hydrogens is 733 g/mol. The van der Waals surface area contributed by atoms with Crippen molar-refractivity contribution >= 4 is 87.9 Å². The minimum atomic E-state index is -0.879. The molecule has 278 valence electrons. The van der Waals surface area contributed by atoms with Gasteiger partial charge in [0, 0.05) is 24.3 Å². The molecule has 0 unspecified atom stereocenters. The quantitative estimate of drug-likeness (QED) is 0.0613. The molecule has 0 N–H and O–H groups in total. The number of nitro benzene ring substituents is 2. The van der Waals surface area contributed by atoms with Gasteiger partial charge in [-0.25, -0.2) is 9.59 Å². The molecule has 0 aliphatic heterocycles. The molecule has 10 nitrogen and oxygen atoms in total. The van der Waals surface area contributed by atoms with E-state index in [1.807, 2.05) is 97.1 Å². The Labute approximate surface area is 328 Å². The number of benzene rings is 10. The zero-order chi connectivity index (χ0) is 39.7. The second-order valence-electron chi connectivity index (χ2n) is 14.3. The minimum Gasteiger partial charge on any atom is -0.457 e. The lowest BCUT2D eigenvalue weighted by molar-refractivity contribution is -0.385. The number of esters is 2. The van der Waals surface area contributed by atoms with Crippen molar-refractivity contribution in [2.45, 2.75) is 13.2 Å². The Morgan fingerprint density at radius 3 is 1.16 bits per heavy atom. The summed E-state index contributed by atoms with van der Waals surface area (Å²) in [6.07, 6.45) is 0. The molecule has 0 atom stereocenters. The van der Waals surface area contributed by atoms with Crippen molar-refractivity contribution in [2.75, 3.05) is 0 Å². The van der Waals surface area contributed by atoms with Gasteiger partial charge in [0.05, 0.1) is 21.0 Å². The van der Waals surface area contributed by atoms with Crippen LogP contribution >= 0.6 is 0 Å². The van der Waals surface area contributed by atoms with Crippen molar-refractivity contribution in [1.82, 2.24) is 0 Å². The van der Waals surface area contributed by atoms with E-state index in [4.69, 9.17) is 9.47 Å². The van der Waals surface area contributed by atoms with E-state index in [-0.39, 0.29) is 46.8 Å². The topological polar surface area (TPSA) is 139 Å². The first-order chi connectivity index (χ1) is 28.2. The summed E-state index contributed by atoms with van der Waals surface area (Å²) >= 11 is 0. The molecule has 10 aromatic rings. The predicted molar refractivity (Wildman–Crippen MR) is 224 cm³/mol. The van der Waals surface area contributed by atoms with Crippen molar-refractivity contribution in [3.8, 4) is 11.1 Å². The summed E-state index contributed by atoms with van der Waals surface area (Å²) in [4.78, 5) is 50.7. The second-order valence-corrected chi connectivity index (χ2v) is 14.3. The van der Waals surface area contributed by atoms with Crippen LogP contribution in [0.25, 0.3) is 75.8 Å². The van der Waals surface area contributed by atoms with Crippen LogP contribution in [-0.2, 0) is 22.7 Å². The second kappa shape index (κ2) is 13.3. The lowest BCUT2D eigenvalue weighted by atomic mass is 9.92. The lowest BCUT2D eigenvalue weighted by Crippen LogP contribution is -2.11. The van der Waals surface area contributed by atoms with Crippen LogP contribution in [-0.4, -0.2) is 21.8 Å². The molecule has 10 aromatic carbocycles. The molecule has 0 bridgehead atoms. The van der Waals surface area contributed by atoms with Gasteiger partial charge in [-0.05, 0) is 99.0 Å². The van der Waals surface area contributed by atoms with E-state index < -0.39 is 21.8 Å². The van der Waals surface area contributed by atoms with Gasteiger partial charge in [0.15, 0.2) is 0 Å². The van der Waals surface area contributed by atoms with Gasteiger partial charge in [0.25, 0.3) is 11.4 Å². The van der Waals surface area contributed by atoms with Crippen molar-refractivity contribution < 1.29 is 28.9 Å². The third-order valence-corrected chi connectivity index (χ3v) is 11.1. The van der Waals surface area contributed by atoms with Crippen LogP contribution in [0.4, 0.5) is 11.4 Å². The third kappa shape index (κ3) is 5.57. The number of hydrogen-bond acceptors (Lipinski definition) is 8. The SMILES string of the molecule is O=C(OCc1ccc2ccc3cccc4ccc1c2c34)c1cc([N+](=O)[O-])ccc1-c1ccc([N+](=O)[O-])cc1C(=O)OCc1ccc2ccc3cccc4ccc1c2c34. The van der Waals surface area contributed by atoms with Crippen LogP contribution in [0.1, 0.15) is 31.8 Å². The summed E-state index contributed by atoms with van der Waals surface area (Å²) in [5, 5.41) is 36.4. The summed E-state index contributed by atoms with van der Waals surface area (Å²) in [7, 11) is 0. The normalized spacial score (nSPS) is 11.7. The number of nitro groups is 2. The maximum Gasteiger partial charge on any atom is 0.339 e. The van der Waals surface area contributed by atoms with Crippen molar-refractivity contribution in [3.63, 3.8) is 0 Å². The Morgan fingerprint density at radius 2 is 0.776 bits per heavy atom. The molecule has 0 spiro atoms. The van der Waals surface area contributed by atoms with Gasteiger partial charge in [-0.15, -0.1) is 0 Å². The smallest absolute Gasteiger partial charge is 0.339 e. The molecule has 0 aliphatic carbocycles. The molecule has 0 saturated heterocycles. The monoisotopic (exact) mass is 760 g/mol. The number of carbonyl (C=O) groups is 2. The maximum absolute atomic E-state index is 14.0. The van der Waals surface area contributed by atoms with Gasteiger partial charge < -0.3 is 9.47 Å². The van der Waals surface area contributed by atoms with Crippen LogP contribution in [0.3, 0.4) is 0 Å². The molecule has 10 heteroatoms. The first-order valence-corrected chi connectivity index (χ1v) is 18.5. The fourth-order valence-electron chi connectivity index (χ4n) is 8.38. The first-order valence-electron chi connectivity index (χ1n) is 18.5. The summed E-state index contributed by atoms with van der Waals surface area (Å²) in [5.41, 5.74) is 0.543. The fourth-order valence-corrected chi connectivity index (χ4v) is 8.38. The highest BCUT2D eigenvalue weighted by molar-refractivity contribution is 6.24. The van der Waals surface area contributed by atoms with E-state index in [0.29, 0.717) is 0 Å². The van der Waals surface area contributed by atoms with Crippen LogP contribution in [0.15, 0.2) is 146 Å². The molecule has 0 aliphatic rings. The Balaban J connectivity index is 1.00. The Morgan fingerprint density at radius 1 is 0.431 bits per heavy atom. The van der Waals surface area contributed by atoms with Crippen molar-refractivity contribution in [2.24, 2.45) is 0 Å². The minimum absolute atomic E-state index is 0.107. The molecule has 0 radical (unpaired) electrons. The van der Waals surface area contributed by atoms with Crippen molar-refractivity contribution in [1.29, 1.82) is 0 Å². The molecule has 10 rings (SSSR count). The van der Waals surface area contributed by atoms with E-state index in [2.05, 4.69) is 12.1 Å². The summed E-state index contributed by atoms with van der Waals surface area (Å²) in [5.74, 6) is -1.76. The molecule has 58 heavy (non-hydrogen) atoms. The molecule has 0 heterocycles. The van der Waals surface area contributed by atoms with Gasteiger partial charge in [-0.3, -0.25) is 20.2 Å². The van der Waals surface area contributed by atoms with Gasteiger partial charge in [-0.2, -0.15) is 0 Å². The number of hydrogen-bond donors (Lipinski definition) is 0. The van der Waals surface area contributed by atoms with Gasteiger partial charge >= 0.3 is 11.9 Å². The Kier molecular flexibility index (Phi) is 7.94. The highest BCUT2D eigenvalue weighted by Gasteiger charge is 2.26. The zero-order valence-electron chi connectivity index (χ0n) is 30.4. The van der Waals surface area contributed by atoms with Crippen LogP contribution < -0.4 is 0 Å². The van der Waals surface area contributed by atoms with Crippen LogP contribution in [0.5, 0.6) is 0 Å². The van der Waals surface area contributed by atoms with Crippen molar-refractivity contribution in [3.05, 3.63) is 188 Å². The predicted octanol–water partition coefficient (Wildman–Crippen LogP) is 11.7. The lowest BCUT2D eigenvalue weighted by Gasteiger charge is -2.16. The summed E-state index contributed by atoms with van der Waals surface area (Å²) < 4.78 is 11.7. The Bertz CT molecular complexity index is 3100. The zero-order valence-corrected chi connectivity index (χ0v) is 30.4. The summed E-state index contributed by atoms with van der Waals surface area (Å²) in [6, 6.07) is 43.4. The van der Waals surface area contributed by atoms with Gasteiger partial charge in [0.2, 0.25) is 0 Å². The largest absolute Gasteiger partial charge is 0.457 e.